The first kappa shape index (κ1) is 20.1. The van der Waals surface area contributed by atoms with Gasteiger partial charge in [0.25, 0.3) is 0 Å². The summed E-state index contributed by atoms with van der Waals surface area (Å²) in [6.07, 6.45) is 1.80. The van der Waals surface area contributed by atoms with Crippen molar-refractivity contribution in [2.45, 2.75) is 33.4 Å². The highest BCUT2D eigenvalue weighted by Crippen LogP contribution is 1.96. The van der Waals surface area contributed by atoms with Gasteiger partial charge in [-0.2, -0.15) is 0 Å². The van der Waals surface area contributed by atoms with Crippen molar-refractivity contribution in [2.75, 3.05) is 26.7 Å². The number of halogens is 1. The number of pyridine rings is 1. The summed E-state index contributed by atoms with van der Waals surface area (Å²) in [6.45, 7) is 10.3. The van der Waals surface area contributed by atoms with Crippen LogP contribution in [-0.4, -0.2) is 48.6 Å². The molecule has 0 amide bonds. The van der Waals surface area contributed by atoms with Gasteiger partial charge in [-0.1, -0.05) is 19.9 Å². The van der Waals surface area contributed by atoms with Gasteiger partial charge >= 0.3 is 0 Å². The summed E-state index contributed by atoms with van der Waals surface area (Å²) < 4.78 is 0. The van der Waals surface area contributed by atoms with Crippen molar-refractivity contribution in [3.05, 3.63) is 30.1 Å². The molecule has 0 fully saturated rings. The van der Waals surface area contributed by atoms with Crippen LogP contribution < -0.4 is 10.6 Å². The Balaban J connectivity index is 0.00000400. The van der Waals surface area contributed by atoms with Crippen molar-refractivity contribution in [3.63, 3.8) is 0 Å². The average molecular weight is 405 g/mol. The molecule has 0 aliphatic carbocycles. The van der Waals surface area contributed by atoms with Gasteiger partial charge in [-0.25, -0.2) is 0 Å². The van der Waals surface area contributed by atoms with Gasteiger partial charge in [0, 0.05) is 25.8 Å². The first-order valence-corrected chi connectivity index (χ1v) is 7.29. The first-order valence-electron chi connectivity index (χ1n) is 7.29. The number of hydrogen-bond acceptors (Lipinski definition) is 3. The highest BCUT2D eigenvalue weighted by Gasteiger charge is 2.10. The third-order valence-electron chi connectivity index (χ3n) is 3.39. The zero-order chi connectivity index (χ0) is 14.8. The van der Waals surface area contributed by atoms with Crippen molar-refractivity contribution in [1.82, 2.24) is 20.5 Å². The molecule has 1 heterocycles. The Morgan fingerprint density at radius 2 is 2.00 bits per heavy atom. The molecule has 1 aromatic rings. The summed E-state index contributed by atoms with van der Waals surface area (Å²) in [5.74, 6) is 0.814. The Morgan fingerprint density at radius 3 is 2.52 bits per heavy atom. The van der Waals surface area contributed by atoms with E-state index in [9.17, 15) is 0 Å². The molecule has 1 rings (SSSR count). The van der Waals surface area contributed by atoms with E-state index in [1.165, 1.54) is 0 Å². The van der Waals surface area contributed by atoms with Gasteiger partial charge in [-0.05, 0) is 32.1 Å². The molecule has 21 heavy (non-hydrogen) atoms. The van der Waals surface area contributed by atoms with Gasteiger partial charge in [0.1, 0.15) is 0 Å². The second-order valence-electron chi connectivity index (χ2n) is 4.70. The number of rotatable bonds is 7. The number of aliphatic imine (C=N–C) groups is 1. The van der Waals surface area contributed by atoms with Crippen LogP contribution in [0.3, 0.4) is 0 Å². The van der Waals surface area contributed by atoms with Crippen LogP contribution in [0, 0.1) is 0 Å². The van der Waals surface area contributed by atoms with Crippen LogP contribution in [0.15, 0.2) is 29.4 Å². The number of guanidine groups is 1. The Hall–Kier alpha value is -0.890. The molecule has 1 atom stereocenters. The van der Waals surface area contributed by atoms with Gasteiger partial charge in [0.2, 0.25) is 0 Å². The van der Waals surface area contributed by atoms with Crippen molar-refractivity contribution in [2.24, 2.45) is 4.99 Å². The molecule has 0 saturated carbocycles. The monoisotopic (exact) mass is 405 g/mol. The largest absolute Gasteiger partial charge is 0.355 e. The fourth-order valence-electron chi connectivity index (χ4n) is 2.12. The SMILES string of the molecule is CCN(CC)C(C)CNC(=NC)NCc1ccccn1.I. The molecular weight excluding hydrogens is 377 g/mol. The zero-order valence-corrected chi connectivity index (χ0v) is 15.8. The molecule has 0 aliphatic rings. The first-order chi connectivity index (χ1) is 9.71. The molecule has 6 heteroatoms. The summed E-state index contributed by atoms with van der Waals surface area (Å²) >= 11 is 0. The van der Waals surface area contributed by atoms with Crippen LogP contribution in [-0.2, 0) is 6.54 Å². The minimum absolute atomic E-state index is 0. The normalized spacial score (nSPS) is 12.7. The predicted molar refractivity (Wildman–Crippen MR) is 100 cm³/mol. The molecule has 0 bridgehead atoms. The summed E-state index contributed by atoms with van der Waals surface area (Å²) in [5.41, 5.74) is 1.01. The van der Waals surface area contributed by atoms with Crippen molar-refractivity contribution < 1.29 is 0 Å². The maximum Gasteiger partial charge on any atom is 0.191 e. The fraction of sp³-hybridized carbons (Fsp3) is 0.600. The highest BCUT2D eigenvalue weighted by atomic mass is 127. The molecule has 1 aromatic heterocycles. The van der Waals surface area contributed by atoms with Gasteiger partial charge in [-0.3, -0.25) is 14.9 Å². The van der Waals surface area contributed by atoms with E-state index in [-0.39, 0.29) is 24.0 Å². The maximum absolute atomic E-state index is 4.28. The summed E-state index contributed by atoms with van der Waals surface area (Å²) in [4.78, 5) is 10.9. The maximum atomic E-state index is 4.28. The second-order valence-corrected chi connectivity index (χ2v) is 4.70. The van der Waals surface area contributed by atoms with Crippen LogP contribution in [0.5, 0.6) is 0 Å². The highest BCUT2D eigenvalue weighted by molar-refractivity contribution is 14.0. The number of hydrogen-bond donors (Lipinski definition) is 2. The average Bonchev–Trinajstić information content (AvgIpc) is 2.49. The van der Waals surface area contributed by atoms with E-state index < -0.39 is 0 Å². The molecular formula is C15H28IN5. The Kier molecular flexibility index (Phi) is 11.2. The smallest absolute Gasteiger partial charge is 0.191 e. The van der Waals surface area contributed by atoms with Crippen molar-refractivity contribution >= 4 is 29.9 Å². The van der Waals surface area contributed by atoms with E-state index in [0.717, 1.165) is 31.3 Å². The van der Waals surface area contributed by atoms with E-state index in [4.69, 9.17) is 0 Å². The van der Waals surface area contributed by atoms with Gasteiger partial charge < -0.3 is 10.6 Å². The van der Waals surface area contributed by atoms with E-state index in [1.54, 1.807) is 13.2 Å². The van der Waals surface area contributed by atoms with Crippen LogP contribution in [0.1, 0.15) is 26.5 Å². The molecule has 5 nitrogen and oxygen atoms in total. The standard InChI is InChI=1S/C15H27N5.HI/c1-5-20(6-2)13(3)11-18-15(16-4)19-12-14-9-7-8-10-17-14;/h7-10,13H,5-6,11-12H2,1-4H3,(H2,16,18,19);1H. The van der Waals surface area contributed by atoms with Crippen molar-refractivity contribution in [1.29, 1.82) is 0 Å². The number of likely N-dealkylation sites (N-methyl/N-ethyl adjacent to an activating group) is 1. The molecule has 1 unspecified atom stereocenters. The fourth-order valence-corrected chi connectivity index (χ4v) is 2.12. The lowest BCUT2D eigenvalue weighted by Gasteiger charge is -2.27. The molecule has 0 spiro atoms. The Labute approximate surface area is 145 Å². The van der Waals surface area contributed by atoms with Gasteiger partial charge in [0.15, 0.2) is 5.96 Å². The number of nitrogens with zero attached hydrogens (tertiary/aromatic N) is 3. The van der Waals surface area contributed by atoms with E-state index in [0.29, 0.717) is 12.6 Å². The number of nitrogens with one attached hydrogen (secondary N) is 2. The minimum Gasteiger partial charge on any atom is -0.355 e. The Morgan fingerprint density at radius 1 is 1.29 bits per heavy atom. The number of aromatic nitrogens is 1. The molecule has 120 valence electrons. The lowest BCUT2D eigenvalue weighted by atomic mass is 10.3. The van der Waals surface area contributed by atoms with Gasteiger partial charge in [-0.15, -0.1) is 24.0 Å². The molecule has 0 aliphatic heterocycles. The van der Waals surface area contributed by atoms with E-state index >= 15 is 0 Å². The Bertz CT molecular complexity index is 392. The predicted octanol–water partition coefficient (Wildman–Crippen LogP) is 2.09. The molecule has 0 aromatic carbocycles. The molecule has 0 radical (unpaired) electrons. The summed E-state index contributed by atoms with van der Waals surface area (Å²) in [7, 11) is 1.79. The van der Waals surface area contributed by atoms with Crippen LogP contribution in [0.2, 0.25) is 0 Å². The van der Waals surface area contributed by atoms with E-state index in [1.807, 2.05) is 18.2 Å². The summed E-state index contributed by atoms with van der Waals surface area (Å²) in [6, 6.07) is 6.39. The summed E-state index contributed by atoms with van der Waals surface area (Å²) in [5, 5.41) is 6.63. The van der Waals surface area contributed by atoms with Crippen molar-refractivity contribution in [3.8, 4) is 0 Å². The van der Waals surface area contributed by atoms with Crippen LogP contribution in [0.25, 0.3) is 0 Å². The second kappa shape index (κ2) is 11.7. The third kappa shape index (κ3) is 7.61. The zero-order valence-electron chi connectivity index (χ0n) is 13.5. The lowest BCUT2D eigenvalue weighted by Crippen LogP contribution is -2.45. The molecule has 0 saturated heterocycles. The molecule has 2 N–H and O–H groups in total. The minimum atomic E-state index is 0. The van der Waals surface area contributed by atoms with E-state index in [2.05, 4.69) is 46.3 Å². The lowest BCUT2D eigenvalue weighted by molar-refractivity contribution is 0.231. The third-order valence-corrected chi connectivity index (χ3v) is 3.39. The van der Waals surface area contributed by atoms with Crippen LogP contribution >= 0.6 is 24.0 Å². The quantitative estimate of drug-likeness (QED) is 0.415. The topological polar surface area (TPSA) is 52.5 Å². The van der Waals surface area contributed by atoms with Gasteiger partial charge in [0.05, 0.1) is 12.2 Å². The van der Waals surface area contributed by atoms with Crippen LogP contribution in [0.4, 0.5) is 0 Å².